The number of rotatable bonds is 9. The van der Waals surface area contributed by atoms with E-state index in [9.17, 15) is 18.4 Å². The molecular weight excluding hydrogens is 424 g/mol. The first-order valence-electron chi connectivity index (χ1n) is 10.7. The van der Waals surface area contributed by atoms with E-state index in [0.29, 0.717) is 45.0 Å². The van der Waals surface area contributed by atoms with Crippen LogP contribution in [0, 0.1) is 5.41 Å². The molecule has 0 saturated carbocycles. The van der Waals surface area contributed by atoms with Crippen LogP contribution in [0.3, 0.4) is 0 Å². The van der Waals surface area contributed by atoms with Crippen LogP contribution in [0.4, 0.5) is 19.3 Å². The minimum absolute atomic E-state index is 0.0649. The highest BCUT2D eigenvalue weighted by Crippen LogP contribution is 2.24. The molecule has 32 heavy (non-hydrogen) atoms. The molecule has 10 heteroatoms. The van der Waals surface area contributed by atoms with Crippen molar-refractivity contribution in [2.45, 2.75) is 52.9 Å². The summed E-state index contributed by atoms with van der Waals surface area (Å²) in [6.45, 7) is 7.12. The third-order valence-corrected chi connectivity index (χ3v) is 4.70. The third kappa shape index (κ3) is 9.25. The average Bonchev–Trinajstić information content (AvgIpc) is 2.71. The van der Waals surface area contributed by atoms with E-state index >= 15 is 0 Å². The van der Waals surface area contributed by atoms with Crippen LogP contribution in [-0.2, 0) is 14.3 Å². The molecule has 1 saturated heterocycles. The first-order valence-corrected chi connectivity index (χ1v) is 10.7. The number of nitrogens with zero attached hydrogens (tertiary/aromatic N) is 1. The number of alkyl halides is 2. The quantitative estimate of drug-likeness (QED) is 0.590. The molecule has 2 N–H and O–H groups in total. The van der Waals surface area contributed by atoms with E-state index < -0.39 is 18.8 Å². The molecule has 8 nitrogen and oxygen atoms in total. The molecule has 1 aromatic carbocycles. The Labute approximate surface area is 187 Å². The highest BCUT2D eigenvalue weighted by molar-refractivity contribution is 5.83. The van der Waals surface area contributed by atoms with Crippen molar-refractivity contribution in [3.05, 3.63) is 24.3 Å². The summed E-state index contributed by atoms with van der Waals surface area (Å²) in [5.41, 5.74) is 0.474. The molecule has 0 radical (unpaired) electrons. The number of alkyl carbamates (subject to hydrolysis) is 1. The van der Waals surface area contributed by atoms with Gasteiger partial charge in [0.25, 0.3) is 5.91 Å². The molecule has 180 valence electrons. The number of ether oxygens (including phenoxy) is 3. The lowest BCUT2D eigenvalue weighted by Crippen LogP contribution is -2.49. The van der Waals surface area contributed by atoms with Crippen LogP contribution in [0.5, 0.6) is 5.75 Å². The normalized spacial score (nSPS) is 16.3. The molecule has 1 aromatic rings. The molecule has 2 unspecified atom stereocenters. The van der Waals surface area contributed by atoms with E-state index in [0.717, 1.165) is 0 Å². The van der Waals surface area contributed by atoms with Gasteiger partial charge in [-0.2, -0.15) is 8.78 Å². The Morgan fingerprint density at radius 1 is 1.16 bits per heavy atom. The van der Waals surface area contributed by atoms with Crippen molar-refractivity contribution in [3.8, 4) is 5.75 Å². The van der Waals surface area contributed by atoms with Gasteiger partial charge < -0.3 is 29.7 Å². The van der Waals surface area contributed by atoms with E-state index in [1.807, 2.05) is 20.8 Å². The molecule has 0 aromatic heterocycles. The summed E-state index contributed by atoms with van der Waals surface area (Å²) in [5, 5.41) is 5.81. The number of halogens is 2. The van der Waals surface area contributed by atoms with Crippen molar-refractivity contribution < 1.29 is 32.6 Å². The average molecular weight is 458 g/mol. The zero-order chi connectivity index (χ0) is 23.7. The third-order valence-electron chi connectivity index (χ3n) is 4.70. The molecule has 0 bridgehead atoms. The maximum absolute atomic E-state index is 12.9. The molecular formula is C22H33F2N3O5. The second kappa shape index (κ2) is 11.8. The molecule has 2 amide bonds. The first-order chi connectivity index (χ1) is 15.0. The lowest BCUT2D eigenvalue weighted by molar-refractivity contribution is -0.146. The smallest absolute Gasteiger partial charge is 0.408 e. The SMILES string of the molecule is CC(CNc1ccc(OC(F)F)cc1)NC(=O)OC(CC(C)(C)C)C(=O)N1CCOCC1. The van der Waals surface area contributed by atoms with Gasteiger partial charge in [0.2, 0.25) is 0 Å². The van der Waals surface area contributed by atoms with Gasteiger partial charge in [0.05, 0.1) is 13.2 Å². The van der Waals surface area contributed by atoms with Crippen molar-refractivity contribution >= 4 is 17.7 Å². The summed E-state index contributed by atoms with van der Waals surface area (Å²) in [6.07, 6.45) is -1.15. The highest BCUT2D eigenvalue weighted by atomic mass is 19.3. The highest BCUT2D eigenvalue weighted by Gasteiger charge is 2.32. The predicted octanol–water partition coefficient (Wildman–Crippen LogP) is 3.48. The number of benzene rings is 1. The Bertz CT molecular complexity index is 734. The Morgan fingerprint density at radius 3 is 2.34 bits per heavy atom. The lowest BCUT2D eigenvalue weighted by atomic mass is 9.88. The second-order valence-electron chi connectivity index (χ2n) is 8.93. The van der Waals surface area contributed by atoms with Gasteiger partial charge in [-0.15, -0.1) is 0 Å². The first kappa shape index (κ1) is 25.6. The van der Waals surface area contributed by atoms with Gasteiger partial charge in [-0.3, -0.25) is 4.79 Å². The van der Waals surface area contributed by atoms with Crippen LogP contribution >= 0.6 is 0 Å². The summed E-state index contributed by atoms with van der Waals surface area (Å²) < 4.78 is 39.5. The van der Waals surface area contributed by atoms with Crippen LogP contribution in [0.15, 0.2) is 24.3 Å². The standard InChI is InChI=1S/C22H33F2N3O5/c1-15(14-25-16-5-7-17(8-6-16)31-20(23)24)26-21(29)32-18(13-22(2,3)4)19(28)27-9-11-30-12-10-27/h5-8,15,18,20,25H,9-14H2,1-4H3,(H,26,29). The van der Waals surface area contributed by atoms with Crippen molar-refractivity contribution in [3.63, 3.8) is 0 Å². The predicted molar refractivity (Wildman–Crippen MR) is 116 cm³/mol. The number of carbonyl (C=O) groups is 2. The summed E-state index contributed by atoms with van der Waals surface area (Å²) in [5.74, 6) is -0.148. The van der Waals surface area contributed by atoms with Crippen LogP contribution in [0.2, 0.25) is 0 Å². The zero-order valence-electron chi connectivity index (χ0n) is 19.0. The van der Waals surface area contributed by atoms with Gasteiger partial charge in [-0.25, -0.2) is 4.79 Å². The van der Waals surface area contributed by atoms with Crippen LogP contribution < -0.4 is 15.4 Å². The molecule has 0 spiro atoms. The second-order valence-corrected chi connectivity index (χ2v) is 8.93. The fraction of sp³-hybridized carbons (Fsp3) is 0.636. The van der Waals surface area contributed by atoms with Crippen LogP contribution in [-0.4, -0.2) is 68.5 Å². The summed E-state index contributed by atoms with van der Waals surface area (Å²) >= 11 is 0. The number of hydrogen-bond acceptors (Lipinski definition) is 6. The Hall–Kier alpha value is -2.62. The molecule has 2 rings (SSSR count). The molecule has 1 aliphatic rings. The van der Waals surface area contributed by atoms with Gasteiger partial charge in [0, 0.05) is 31.4 Å². The molecule has 0 aliphatic carbocycles. The number of amides is 2. The van der Waals surface area contributed by atoms with Gasteiger partial charge in [-0.05, 0) is 43.0 Å². The number of carbonyl (C=O) groups excluding carboxylic acids is 2. The number of morpholine rings is 1. The van der Waals surface area contributed by atoms with Gasteiger partial charge >= 0.3 is 12.7 Å². The van der Waals surface area contributed by atoms with Gasteiger partial charge in [0.15, 0.2) is 6.10 Å². The van der Waals surface area contributed by atoms with E-state index in [4.69, 9.17) is 9.47 Å². The lowest BCUT2D eigenvalue weighted by Gasteiger charge is -2.32. The van der Waals surface area contributed by atoms with Crippen molar-refractivity contribution in [2.24, 2.45) is 5.41 Å². The monoisotopic (exact) mass is 457 g/mol. The summed E-state index contributed by atoms with van der Waals surface area (Å²) in [4.78, 5) is 27.0. The van der Waals surface area contributed by atoms with Crippen molar-refractivity contribution in [1.82, 2.24) is 10.2 Å². The van der Waals surface area contributed by atoms with E-state index in [-0.39, 0.29) is 23.1 Å². The fourth-order valence-electron chi connectivity index (χ4n) is 3.16. The Balaban J connectivity index is 1.85. The van der Waals surface area contributed by atoms with Crippen LogP contribution in [0.25, 0.3) is 0 Å². The topological polar surface area (TPSA) is 89.1 Å². The Morgan fingerprint density at radius 2 is 1.78 bits per heavy atom. The molecule has 2 atom stereocenters. The number of anilines is 1. The summed E-state index contributed by atoms with van der Waals surface area (Å²) in [7, 11) is 0. The molecule has 1 aliphatic heterocycles. The molecule has 1 heterocycles. The maximum atomic E-state index is 12.9. The number of nitrogens with one attached hydrogen (secondary N) is 2. The van der Waals surface area contributed by atoms with Crippen molar-refractivity contribution in [2.75, 3.05) is 38.2 Å². The van der Waals surface area contributed by atoms with Gasteiger partial charge in [-0.1, -0.05) is 20.8 Å². The zero-order valence-corrected chi connectivity index (χ0v) is 19.0. The van der Waals surface area contributed by atoms with Gasteiger partial charge in [0.1, 0.15) is 5.75 Å². The van der Waals surface area contributed by atoms with E-state index in [2.05, 4.69) is 15.4 Å². The number of hydrogen-bond donors (Lipinski definition) is 2. The largest absolute Gasteiger partial charge is 0.436 e. The summed E-state index contributed by atoms with van der Waals surface area (Å²) in [6, 6.07) is 5.74. The maximum Gasteiger partial charge on any atom is 0.408 e. The minimum Gasteiger partial charge on any atom is -0.436 e. The van der Waals surface area contributed by atoms with Crippen LogP contribution in [0.1, 0.15) is 34.1 Å². The molecule has 1 fully saturated rings. The Kier molecular flexibility index (Phi) is 9.49. The minimum atomic E-state index is -2.87. The van der Waals surface area contributed by atoms with Crippen molar-refractivity contribution in [1.29, 1.82) is 0 Å². The fourth-order valence-corrected chi connectivity index (χ4v) is 3.16. The van der Waals surface area contributed by atoms with E-state index in [1.165, 1.54) is 12.1 Å². The van der Waals surface area contributed by atoms with E-state index in [1.54, 1.807) is 24.0 Å².